The van der Waals surface area contributed by atoms with Crippen LogP contribution in [0.5, 0.6) is 0 Å². The summed E-state index contributed by atoms with van der Waals surface area (Å²) in [6, 6.07) is 10.6. The summed E-state index contributed by atoms with van der Waals surface area (Å²) in [5.41, 5.74) is 1.14. The molecular formula is C17H30N4O. The summed E-state index contributed by atoms with van der Waals surface area (Å²) in [5.74, 6) is 1.34. The Morgan fingerprint density at radius 2 is 1.91 bits per heavy atom. The van der Waals surface area contributed by atoms with Crippen LogP contribution in [0, 0.1) is 5.92 Å². The molecule has 0 fully saturated rings. The molecule has 5 nitrogen and oxygen atoms in total. The van der Waals surface area contributed by atoms with Crippen molar-refractivity contribution in [2.45, 2.75) is 26.3 Å². The Labute approximate surface area is 134 Å². The molecule has 1 aromatic carbocycles. The van der Waals surface area contributed by atoms with Crippen molar-refractivity contribution in [3.05, 3.63) is 30.3 Å². The molecule has 0 heterocycles. The van der Waals surface area contributed by atoms with Crippen LogP contribution in [0.15, 0.2) is 35.3 Å². The summed E-state index contributed by atoms with van der Waals surface area (Å²) in [6.45, 7) is 6.87. The number of rotatable bonds is 9. The van der Waals surface area contributed by atoms with Crippen LogP contribution in [0.4, 0.5) is 5.69 Å². The molecule has 0 saturated heterocycles. The van der Waals surface area contributed by atoms with E-state index in [-0.39, 0.29) is 0 Å². The van der Waals surface area contributed by atoms with Crippen molar-refractivity contribution in [1.82, 2.24) is 10.6 Å². The summed E-state index contributed by atoms with van der Waals surface area (Å²) < 4.78 is 5.04. The van der Waals surface area contributed by atoms with Gasteiger partial charge in [-0.25, -0.2) is 0 Å². The van der Waals surface area contributed by atoms with Gasteiger partial charge in [-0.15, -0.1) is 0 Å². The van der Waals surface area contributed by atoms with E-state index in [1.807, 2.05) is 18.2 Å². The third kappa shape index (κ3) is 7.31. The van der Waals surface area contributed by atoms with Gasteiger partial charge >= 0.3 is 0 Å². The van der Waals surface area contributed by atoms with E-state index in [0.717, 1.165) is 37.8 Å². The predicted molar refractivity (Wildman–Crippen MR) is 94.5 cm³/mol. The van der Waals surface area contributed by atoms with Gasteiger partial charge in [0.05, 0.1) is 0 Å². The zero-order valence-electron chi connectivity index (χ0n) is 14.2. The molecule has 0 spiro atoms. The fraction of sp³-hybridized carbons (Fsp3) is 0.588. The molecule has 5 heteroatoms. The van der Waals surface area contributed by atoms with E-state index in [9.17, 15) is 0 Å². The highest BCUT2D eigenvalue weighted by molar-refractivity contribution is 5.79. The van der Waals surface area contributed by atoms with Crippen molar-refractivity contribution in [2.24, 2.45) is 10.9 Å². The second kappa shape index (κ2) is 10.9. The molecule has 1 unspecified atom stereocenters. The topological polar surface area (TPSA) is 57.7 Å². The van der Waals surface area contributed by atoms with Crippen LogP contribution in [-0.2, 0) is 4.74 Å². The van der Waals surface area contributed by atoms with Gasteiger partial charge in [0.25, 0.3) is 0 Å². The Bertz CT molecular complexity index is 420. The van der Waals surface area contributed by atoms with Gasteiger partial charge in [0.15, 0.2) is 5.96 Å². The van der Waals surface area contributed by atoms with Crippen LogP contribution in [-0.4, -0.2) is 45.9 Å². The minimum atomic E-state index is 0.333. The lowest BCUT2D eigenvalue weighted by Gasteiger charge is -2.25. The fourth-order valence-electron chi connectivity index (χ4n) is 2.05. The molecule has 1 atom stereocenters. The molecule has 1 rings (SSSR count). The lowest BCUT2D eigenvalue weighted by atomic mass is 10.0. The van der Waals surface area contributed by atoms with E-state index in [4.69, 9.17) is 4.74 Å². The fourth-order valence-corrected chi connectivity index (χ4v) is 2.05. The van der Waals surface area contributed by atoms with Crippen molar-refractivity contribution in [3.8, 4) is 0 Å². The van der Waals surface area contributed by atoms with E-state index < -0.39 is 0 Å². The molecule has 0 radical (unpaired) electrons. The molecule has 3 N–H and O–H groups in total. The second-order valence-corrected chi connectivity index (χ2v) is 5.59. The average Bonchev–Trinajstić information content (AvgIpc) is 2.53. The monoisotopic (exact) mass is 306 g/mol. The molecular weight excluding hydrogens is 276 g/mol. The second-order valence-electron chi connectivity index (χ2n) is 5.59. The Morgan fingerprint density at radius 3 is 2.50 bits per heavy atom. The Hall–Kier alpha value is -1.75. The first kappa shape index (κ1) is 18.3. The number of nitrogens with zero attached hydrogens (tertiary/aromatic N) is 1. The van der Waals surface area contributed by atoms with Crippen LogP contribution < -0.4 is 16.0 Å². The van der Waals surface area contributed by atoms with E-state index in [1.54, 1.807) is 14.2 Å². The maximum atomic E-state index is 5.04. The van der Waals surface area contributed by atoms with Crippen LogP contribution in [0.25, 0.3) is 0 Å². The Balaban J connectivity index is 2.42. The minimum absolute atomic E-state index is 0.333. The maximum Gasteiger partial charge on any atom is 0.191 e. The first-order valence-electron chi connectivity index (χ1n) is 7.92. The molecule has 0 aliphatic rings. The number of ether oxygens (including phenoxy) is 1. The Morgan fingerprint density at radius 1 is 1.18 bits per heavy atom. The number of guanidine groups is 1. The van der Waals surface area contributed by atoms with Crippen molar-refractivity contribution in [3.63, 3.8) is 0 Å². The number of anilines is 1. The van der Waals surface area contributed by atoms with Crippen LogP contribution >= 0.6 is 0 Å². The molecule has 0 aliphatic carbocycles. The number of hydrogen-bond acceptors (Lipinski definition) is 3. The van der Waals surface area contributed by atoms with Gasteiger partial charge in [-0.05, 0) is 24.5 Å². The van der Waals surface area contributed by atoms with Gasteiger partial charge in [0, 0.05) is 45.6 Å². The molecule has 124 valence electrons. The Kier molecular flexibility index (Phi) is 9.07. The van der Waals surface area contributed by atoms with E-state index in [1.165, 1.54) is 0 Å². The van der Waals surface area contributed by atoms with Gasteiger partial charge in [-0.1, -0.05) is 32.0 Å². The van der Waals surface area contributed by atoms with Gasteiger partial charge in [0.2, 0.25) is 0 Å². The summed E-state index contributed by atoms with van der Waals surface area (Å²) in [4.78, 5) is 4.25. The van der Waals surface area contributed by atoms with Gasteiger partial charge in [0.1, 0.15) is 0 Å². The molecule has 0 aromatic heterocycles. The molecule has 0 saturated carbocycles. The number of aliphatic imine (C=N–C) groups is 1. The van der Waals surface area contributed by atoms with Crippen LogP contribution in [0.1, 0.15) is 20.3 Å². The van der Waals surface area contributed by atoms with Crippen molar-refractivity contribution < 1.29 is 4.74 Å². The summed E-state index contributed by atoms with van der Waals surface area (Å²) in [5, 5.41) is 10.2. The largest absolute Gasteiger partial charge is 0.385 e. The number of hydrogen-bond donors (Lipinski definition) is 3. The van der Waals surface area contributed by atoms with E-state index in [2.05, 4.69) is 46.9 Å². The molecule has 22 heavy (non-hydrogen) atoms. The number of para-hydroxylation sites is 1. The van der Waals surface area contributed by atoms with Crippen molar-refractivity contribution in [2.75, 3.05) is 39.2 Å². The molecule has 1 aromatic rings. The van der Waals surface area contributed by atoms with Crippen molar-refractivity contribution >= 4 is 11.6 Å². The lowest BCUT2D eigenvalue weighted by Crippen LogP contribution is -2.45. The highest BCUT2D eigenvalue weighted by Gasteiger charge is 2.13. The van der Waals surface area contributed by atoms with Gasteiger partial charge in [-0.3, -0.25) is 4.99 Å². The molecule has 0 bridgehead atoms. The summed E-state index contributed by atoms with van der Waals surface area (Å²) in [6.07, 6.45) is 0.965. The number of nitrogens with one attached hydrogen (secondary N) is 3. The van der Waals surface area contributed by atoms with Crippen LogP contribution in [0.3, 0.4) is 0 Å². The van der Waals surface area contributed by atoms with Gasteiger partial charge in [-0.2, -0.15) is 0 Å². The number of benzene rings is 1. The summed E-state index contributed by atoms with van der Waals surface area (Å²) in [7, 11) is 3.51. The molecule has 0 aliphatic heterocycles. The predicted octanol–water partition coefficient (Wildman–Crippen LogP) is 2.32. The smallest absolute Gasteiger partial charge is 0.191 e. The SMILES string of the molecule is CN=C(NCCCOC)NCC(Nc1ccccc1)C(C)C. The zero-order valence-corrected chi connectivity index (χ0v) is 14.2. The lowest BCUT2D eigenvalue weighted by molar-refractivity contribution is 0.195. The standard InChI is InChI=1S/C17H30N4O/c1-14(2)16(21-15-9-6-5-7-10-15)13-20-17(18-3)19-11-8-12-22-4/h5-7,9-10,14,16,21H,8,11-13H2,1-4H3,(H2,18,19,20). The zero-order chi connectivity index (χ0) is 16.2. The highest BCUT2D eigenvalue weighted by Crippen LogP contribution is 2.11. The van der Waals surface area contributed by atoms with Gasteiger partial charge < -0.3 is 20.7 Å². The maximum absolute atomic E-state index is 5.04. The van der Waals surface area contributed by atoms with E-state index in [0.29, 0.717) is 12.0 Å². The van der Waals surface area contributed by atoms with Crippen LogP contribution in [0.2, 0.25) is 0 Å². The number of methoxy groups -OCH3 is 1. The average molecular weight is 306 g/mol. The first-order valence-corrected chi connectivity index (χ1v) is 7.92. The third-order valence-corrected chi connectivity index (χ3v) is 3.46. The highest BCUT2D eigenvalue weighted by atomic mass is 16.5. The molecule has 0 amide bonds. The van der Waals surface area contributed by atoms with Crippen molar-refractivity contribution in [1.29, 1.82) is 0 Å². The third-order valence-electron chi connectivity index (χ3n) is 3.46. The minimum Gasteiger partial charge on any atom is -0.385 e. The van der Waals surface area contributed by atoms with E-state index >= 15 is 0 Å². The summed E-state index contributed by atoms with van der Waals surface area (Å²) >= 11 is 0. The normalized spacial score (nSPS) is 13.0. The first-order chi connectivity index (χ1) is 10.7. The quantitative estimate of drug-likeness (QED) is 0.372.